The largest absolute Gasteiger partial charge is 0.484 e. The van der Waals surface area contributed by atoms with Crippen molar-refractivity contribution in [3.63, 3.8) is 0 Å². The first kappa shape index (κ1) is 17.2. The van der Waals surface area contributed by atoms with Crippen LogP contribution in [0.2, 0.25) is 0 Å². The molecule has 0 radical (unpaired) electrons. The normalized spacial score (nSPS) is 10.1. The van der Waals surface area contributed by atoms with Gasteiger partial charge in [-0.3, -0.25) is 4.79 Å². The zero-order valence-corrected chi connectivity index (χ0v) is 15.3. The highest BCUT2D eigenvalue weighted by atomic mass is 127. The lowest BCUT2D eigenvalue weighted by Crippen LogP contribution is -2.20. The number of anilines is 1. The highest BCUT2D eigenvalue weighted by Gasteiger charge is 2.04. The number of carbonyl (C=O) groups excluding carboxylic acids is 1. The van der Waals surface area contributed by atoms with Crippen molar-refractivity contribution in [1.29, 1.82) is 0 Å². The molecular formula is C19H15IN2O3. The van der Waals surface area contributed by atoms with Gasteiger partial charge in [-0.1, -0.05) is 6.07 Å². The van der Waals surface area contributed by atoms with Crippen LogP contribution >= 0.6 is 22.6 Å². The number of nitrogens with zero attached hydrogens (tertiary/aromatic N) is 1. The average Bonchev–Trinajstić information content (AvgIpc) is 2.64. The van der Waals surface area contributed by atoms with E-state index in [1.54, 1.807) is 36.5 Å². The lowest BCUT2D eigenvalue weighted by molar-refractivity contribution is -0.118. The summed E-state index contributed by atoms with van der Waals surface area (Å²) in [5.74, 6) is 1.55. The van der Waals surface area contributed by atoms with Crippen LogP contribution < -0.4 is 14.8 Å². The highest BCUT2D eigenvalue weighted by molar-refractivity contribution is 14.1. The van der Waals surface area contributed by atoms with Crippen molar-refractivity contribution >= 4 is 34.2 Å². The summed E-state index contributed by atoms with van der Waals surface area (Å²) in [5.41, 5.74) is 0.744. The number of amides is 1. The van der Waals surface area contributed by atoms with Crippen molar-refractivity contribution in [2.24, 2.45) is 0 Å². The predicted octanol–water partition coefficient (Wildman–Crippen LogP) is 4.50. The Kier molecular flexibility index (Phi) is 5.84. The van der Waals surface area contributed by atoms with Crippen molar-refractivity contribution < 1.29 is 14.3 Å². The van der Waals surface area contributed by atoms with Crippen LogP contribution in [0.15, 0.2) is 72.9 Å². The van der Waals surface area contributed by atoms with E-state index in [0.29, 0.717) is 17.4 Å². The number of hydrogen-bond acceptors (Lipinski definition) is 4. The Morgan fingerprint density at radius 1 is 0.960 bits per heavy atom. The molecule has 2 aromatic carbocycles. The number of nitrogens with one attached hydrogen (secondary N) is 1. The Morgan fingerprint density at radius 3 is 2.36 bits per heavy atom. The molecule has 25 heavy (non-hydrogen) atoms. The minimum absolute atomic E-state index is 0.0631. The molecule has 1 amide bonds. The number of aromatic nitrogens is 1. The van der Waals surface area contributed by atoms with Gasteiger partial charge in [-0.25, -0.2) is 4.98 Å². The Hall–Kier alpha value is -2.61. The fraction of sp³-hybridized carbons (Fsp3) is 0.0526. The molecular weight excluding hydrogens is 431 g/mol. The van der Waals surface area contributed by atoms with Gasteiger partial charge >= 0.3 is 0 Å². The molecule has 126 valence electrons. The number of hydrogen-bond donors (Lipinski definition) is 1. The Balaban J connectivity index is 1.49. The van der Waals surface area contributed by atoms with Crippen molar-refractivity contribution in [2.45, 2.75) is 0 Å². The van der Waals surface area contributed by atoms with Gasteiger partial charge in [-0.15, -0.1) is 0 Å². The third-order valence-electron chi connectivity index (χ3n) is 3.18. The molecule has 5 nitrogen and oxygen atoms in total. The third-order valence-corrected chi connectivity index (χ3v) is 3.90. The van der Waals surface area contributed by atoms with Gasteiger partial charge in [0.25, 0.3) is 5.91 Å². The summed E-state index contributed by atoms with van der Waals surface area (Å²) in [5, 5.41) is 2.78. The molecule has 0 aliphatic carbocycles. The Bertz CT molecular complexity index is 822. The minimum atomic E-state index is -0.213. The molecule has 0 saturated carbocycles. The maximum Gasteiger partial charge on any atom is 0.262 e. The van der Waals surface area contributed by atoms with Gasteiger partial charge in [0, 0.05) is 21.5 Å². The second-order valence-electron chi connectivity index (χ2n) is 5.09. The van der Waals surface area contributed by atoms with Crippen LogP contribution in [0.25, 0.3) is 0 Å². The molecule has 1 aromatic heterocycles. The maximum atomic E-state index is 11.9. The first-order valence-electron chi connectivity index (χ1n) is 7.56. The van der Waals surface area contributed by atoms with Gasteiger partial charge < -0.3 is 14.8 Å². The van der Waals surface area contributed by atoms with Crippen molar-refractivity contribution in [3.05, 3.63) is 76.5 Å². The van der Waals surface area contributed by atoms with E-state index in [2.05, 4.69) is 32.9 Å². The first-order valence-corrected chi connectivity index (χ1v) is 8.64. The number of rotatable bonds is 6. The molecule has 0 aliphatic rings. The van der Waals surface area contributed by atoms with E-state index >= 15 is 0 Å². The van der Waals surface area contributed by atoms with Crippen LogP contribution in [-0.2, 0) is 4.79 Å². The summed E-state index contributed by atoms with van der Waals surface area (Å²) in [4.78, 5) is 16.0. The van der Waals surface area contributed by atoms with Crippen LogP contribution in [0.5, 0.6) is 17.4 Å². The summed E-state index contributed by atoms with van der Waals surface area (Å²) in [6, 6.07) is 20.0. The number of benzene rings is 2. The van der Waals surface area contributed by atoms with Crippen molar-refractivity contribution in [1.82, 2.24) is 4.98 Å². The summed E-state index contributed by atoms with van der Waals surface area (Å²) in [6.45, 7) is -0.0631. The number of carbonyl (C=O) groups is 1. The maximum absolute atomic E-state index is 11.9. The Labute approximate surface area is 159 Å². The molecule has 0 spiro atoms. The van der Waals surface area contributed by atoms with E-state index in [-0.39, 0.29) is 12.5 Å². The molecule has 0 unspecified atom stereocenters. The zero-order valence-electron chi connectivity index (χ0n) is 13.2. The Morgan fingerprint density at radius 2 is 1.68 bits per heavy atom. The average molecular weight is 446 g/mol. The van der Waals surface area contributed by atoms with Crippen LogP contribution in [0, 0.1) is 3.57 Å². The van der Waals surface area contributed by atoms with E-state index in [1.165, 1.54) is 0 Å². The topological polar surface area (TPSA) is 60.5 Å². The molecule has 0 bridgehead atoms. The quantitative estimate of drug-likeness (QED) is 0.567. The van der Waals surface area contributed by atoms with Gasteiger partial charge in [-0.2, -0.15) is 0 Å². The molecule has 0 aliphatic heterocycles. The summed E-state index contributed by atoms with van der Waals surface area (Å²) in [6.07, 6.45) is 1.67. The first-order chi connectivity index (χ1) is 12.2. The lowest BCUT2D eigenvalue weighted by Gasteiger charge is -2.09. The van der Waals surface area contributed by atoms with Crippen LogP contribution in [-0.4, -0.2) is 17.5 Å². The van der Waals surface area contributed by atoms with E-state index in [0.717, 1.165) is 9.26 Å². The van der Waals surface area contributed by atoms with Crippen molar-refractivity contribution in [3.8, 4) is 17.4 Å². The third kappa shape index (κ3) is 5.46. The number of pyridine rings is 1. The second kappa shape index (κ2) is 8.48. The molecule has 0 fully saturated rings. The van der Waals surface area contributed by atoms with Gasteiger partial charge in [-0.05, 0) is 77.2 Å². The van der Waals surface area contributed by atoms with Crippen LogP contribution in [0.4, 0.5) is 5.69 Å². The van der Waals surface area contributed by atoms with Gasteiger partial charge in [0.05, 0.1) is 0 Å². The standard InChI is InChI=1S/C19H15IN2O3/c20-14-4-6-15(7-5-14)22-18(23)13-24-16-8-10-17(11-9-16)25-19-3-1-2-12-21-19/h1-12H,13H2,(H,22,23). The monoisotopic (exact) mass is 446 g/mol. The number of ether oxygens (including phenoxy) is 2. The second-order valence-corrected chi connectivity index (χ2v) is 6.33. The van der Waals surface area contributed by atoms with E-state index in [4.69, 9.17) is 9.47 Å². The summed E-state index contributed by atoms with van der Waals surface area (Å²) >= 11 is 2.21. The fourth-order valence-electron chi connectivity index (χ4n) is 2.01. The SMILES string of the molecule is O=C(COc1ccc(Oc2ccccn2)cc1)Nc1ccc(I)cc1. The smallest absolute Gasteiger partial charge is 0.262 e. The van der Waals surface area contributed by atoms with Crippen LogP contribution in [0.1, 0.15) is 0 Å². The lowest BCUT2D eigenvalue weighted by atomic mass is 10.3. The van der Waals surface area contributed by atoms with E-state index in [9.17, 15) is 4.79 Å². The van der Waals surface area contributed by atoms with Crippen LogP contribution in [0.3, 0.4) is 0 Å². The molecule has 3 rings (SSSR count). The highest BCUT2D eigenvalue weighted by Crippen LogP contribution is 2.22. The van der Waals surface area contributed by atoms with Gasteiger partial charge in [0.2, 0.25) is 5.88 Å². The fourth-order valence-corrected chi connectivity index (χ4v) is 2.37. The molecule has 1 heterocycles. The molecule has 0 saturated heterocycles. The number of halogens is 1. The van der Waals surface area contributed by atoms with Gasteiger partial charge in [0.1, 0.15) is 11.5 Å². The molecule has 3 aromatic rings. The molecule has 0 atom stereocenters. The summed E-state index contributed by atoms with van der Waals surface area (Å²) < 4.78 is 12.2. The zero-order chi connectivity index (χ0) is 17.5. The summed E-state index contributed by atoms with van der Waals surface area (Å²) in [7, 11) is 0. The molecule has 1 N–H and O–H groups in total. The van der Waals surface area contributed by atoms with E-state index < -0.39 is 0 Å². The van der Waals surface area contributed by atoms with Crippen molar-refractivity contribution in [2.75, 3.05) is 11.9 Å². The minimum Gasteiger partial charge on any atom is -0.484 e. The van der Waals surface area contributed by atoms with E-state index in [1.807, 2.05) is 36.4 Å². The van der Waals surface area contributed by atoms with Gasteiger partial charge in [0.15, 0.2) is 6.61 Å². The molecule has 6 heteroatoms. The predicted molar refractivity (Wildman–Crippen MR) is 104 cm³/mol.